The highest BCUT2D eigenvalue weighted by Gasteiger charge is 2.22. The standard InChI is InChI=1S/C14H17BrClNO2/c1-9(14(18)17-11-4-2-3-5-11)19-13-8-10(15)6-7-12(13)16/h6-9,11H,2-5H2,1H3,(H,17,18). The lowest BCUT2D eigenvalue weighted by Gasteiger charge is -2.18. The molecule has 19 heavy (non-hydrogen) atoms. The Kier molecular flexibility index (Phi) is 5.11. The average molecular weight is 347 g/mol. The fourth-order valence-electron chi connectivity index (χ4n) is 2.20. The first-order chi connectivity index (χ1) is 9.06. The molecular formula is C14H17BrClNO2. The van der Waals surface area contributed by atoms with Crippen molar-refractivity contribution in [2.24, 2.45) is 0 Å². The van der Waals surface area contributed by atoms with Gasteiger partial charge in [-0.3, -0.25) is 4.79 Å². The Morgan fingerprint density at radius 2 is 2.16 bits per heavy atom. The largest absolute Gasteiger partial charge is 0.479 e. The first kappa shape index (κ1) is 14.7. The number of hydrogen-bond acceptors (Lipinski definition) is 2. The Labute approximate surface area is 126 Å². The number of hydrogen-bond donors (Lipinski definition) is 1. The van der Waals surface area contributed by atoms with Crippen LogP contribution >= 0.6 is 27.5 Å². The topological polar surface area (TPSA) is 38.3 Å². The second-order valence-electron chi connectivity index (χ2n) is 4.82. The Balaban J connectivity index is 1.93. The molecule has 0 aliphatic heterocycles. The summed E-state index contributed by atoms with van der Waals surface area (Å²) in [6.45, 7) is 1.74. The van der Waals surface area contributed by atoms with Crippen LogP contribution in [0.25, 0.3) is 0 Å². The summed E-state index contributed by atoms with van der Waals surface area (Å²) in [5.41, 5.74) is 0. The third-order valence-electron chi connectivity index (χ3n) is 3.27. The zero-order valence-corrected chi connectivity index (χ0v) is 13.1. The quantitative estimate of drug-likeness (QED) is 0.897. The fourth-order valence-corrected chi connectivity index (χ4v) is 2.70. The molecule has 1 atom stereocenters. The predicted molar refractivity (Wildman–Crippen MR) is 79.6 cm³/mol. The maximum absolute atomic E-state index is 12.0. The molecule has 0 bridgehead atoms. The first-order valence-corrected chi connectivity index (χ1v) is 7.65. The fraction of sp³-hybridized carbons (Fsp3) is 0.500. The summed E-state index contributed by atoms with van der Waals surface area (Å²) in [6.07, 6.45) is 3.97. The summed E-state index contributed by atoms with van der Waals surface area (Å²) in [6, 6.07) is 5.64. The van der Waals surface area contributed by atoms with E-state index in [9.17, 15) is 4.79 Å². The van der Waals surface area contributed by atoms with Crippen LogP contribution in [0.5, 0.6) is 5.75 Å². The molecule has 0 saturated heterocycles. The van der Waals surface area contributed by atoms with Crippen LogP contribution in [0.4, 0.5) is 0 Å². The van der Waals surface area contributed by atoms with Crippen LogP contribution in [0.3, 0.4) is 0 Å². The molecule has 3 nitrogen and oxygen atoms in total. The van der Waals surface area contributed by atoms with Crippen LogP contribution in [0.15, 0.2) is 22.7 Å². The number of carbonyl (C=O) groups excluding carboxylic acids is 1. The molecule has 0 aromatic heterocycles. The van der Waals surface area contributed by atoms with Crippen LogP contribution in [0.1, 0.15) is 32.6 Å². The molecule has 1 amide bonds. The molecule has 0 radical (unpaired) electrons. The van der Waals surface area contributed by atoms with Crippen molar-refractivity contribution >= 4 is 33.4 Å². The van der Waals surface area contributed by atoms with E-state index in [0.717, 1.165) is 17.3 Å². The minimum atomic E-state index is -0.549. The van der Waals surface area contributed by atoms with Crippen LogP contribution in [0, 0.1) is 0 Å². The van der Waals surface area contributed by atoms with Gasteiger partial charge in [0.2, 0.25) is 0 Å². The molecule has 1 aliphatic rings. The van der Waals surface area contributed by atoms with Crippen LogP contribution in [0.2, 0.25) is 5.02 Å². The van der Waals surface area contributed by atoms with Gasteiger partial charge in [-0.25, -0.2) is 0 Å². The molecule has 0 spiro atoms. The highest BCUT2D eigenvalue weighted by Crippen LogP contribution is 2.28. The molecule has 1 aromatic rings. The van der Waals surface area contributed by atoms with E-state index in [0.29, 0.717) is 16.8 Å². The average Bonchev–Trinajstić information content (AvgIpc) is 2.86. The lowest BCUT2D eigenvalue weighted by atomic mass is 10.2. The second kappa shape index (κ2) is 6.62. The molecule has 1 N–H and O–H groups in total. The molecule has 1 aliphatic carbocycles. The molecule has 0 heterocycles. The van der Waals surface area contributed by atoms with Gasteiger partial charge >= 0.3 is 0 Å². The van der Waals surface area contributed by atoms with Gasteiger partial charge in [0.15, 0.2) is 6.10 Å². The number of halogens is 2. The van der Waals surface area contributed by atoms with Gasteiger partial charge < -0.3 is 10.1 Å². The normalized spacial score (nSPS) is 17.2. The Morgan fingerprint density at radius 1 is 1.47 bits per heavy atom. The van der Waals surface area contributed by atoms with Crippen molar-refractivity contribution in [3.05, 3.63) is 27.7 Å². The van der Waals surface area contributed by atoms with Crippen LogP contribution < -0.4 is 10.1 Å². The Hall–Kier alpha value is -0.740. The zero-order valence-electron chi connectivity index (χ0n) is 10.8. The molecule has 5 heteroatoms. The lowest BCUT2D eigenvalue weighted by Crippen LogP contribution is -2.41. The van der Waals surface area contributed by atoms with Gasteiger partial charge in [-0.05, 0) is 38.0 Å². The minimum Gasteiger partial charge on any atom is -0.479 e. The van der Waals surface area contributed by atoms with Crippen LogP contribution in [-0.2, 0) is 4.79 Å². The highest BCUT2D eigenvalue weighted by molar-refractivity contribution is 9.10. The third-order valence-corrected chi connectivity index (χ3v) is 4.07. The van der Waals surface area contributed by atoms with E-state index >= 15 is 0 Å². The van der Waals surface area contributed by atoms with E-state index in [2.05, 4.69) is 21.2 Å². The summed E-state index contributed by atoms with van der Waals surface area (Å²) in [5.74, 6) is 0.438. The second-order valence-corrected chi connectivity index (χ2v) is 6.15. The Morgan fingerprint density at radius 3 is 2.84 bits per heavy atom. The van der Waals surface area contributed by atoms with Crippen LogP contribution in [-0.4, -0.2) is 18.1 Å². The van der Waals surface area contributed by atoms with Crippen molar-refractivity contribution in [1.29, 1.82) is 0 Å². The van der Waals surface area contributed by atoms with Crippen molar-refractivity contribution in [2.75, 3.05) is 0 Å². The monoisotopic (exact) mass is 345 g/mol. The number of rotatable bonds is 4. The number of nitrogens with one attached hydrogen (secondary N) is 1. The summed E-state index contributed by atoms with van der Waals surface area (Å²) in [4.78, 5) is 12.0. The number of carbonyl (C=O) groups is 1. The smallest absolute Gasteiger partial charge is 0.260 e. The summed E-state index contributed by atoms with van der Waals surface area (Å²) < 4.78 is 6.49. The van der Waals surface area contributed by atoms with Gasteiger partial charge in [0.05, 0.1) is 5.02 Å². The van der Waals surface area contributed by atoms with Gasteiger partial charge in [0.1, 0.15) is 5.75 Å². The lowest BCUT2D eigenvalue weighted by molar-refractivity contribution is -0.127. The predicted octanol–water partition coefficient (Wildman–Crippen LogP) is 3.93. The molecule has 104 valence electrons. The molecule has 1 unspecified atom stereocenters. The van der Waals surface area contributed by atoms with Gasteiger partial charge in [-0.2, -0.15) is 0 Å². The summed E-state index contributed by atoms with van der Waals surface area (Å²) in [7, 11) is 0. The SMILES string of the molecule is CC(Oc1cc(Br)ccc1Cl)C(=O)NC1CCCC1. The van der Waals surface area contributed by atoms with Gasteiger partial charge in [-0.1, -0.05) is 40.4 Å². The van der Waals surface area contributed by atoms with E-state index in [-0.39, 0.29) is 5.91 Å². The number of ether oxygens (including phenoxy) is 1. The van der Waals surface area contributed by atoms with Crippen molar-refractivity contribution in [3.8, 4) is 5.75 Å². The summed E-state index contributed by atoms with van der Waals surface area (Å²) in [5, 5.41) is 3.52. The van der Waals surface area contributed by atoms with E-state index < -0.39 is 6.10 Å². The first-order valence-electron chi connectivity index (χ1n) is 6.48. The molecule has 1 aromatic carbocycles. The third kappa shape index (κ3) is 4.11. The van der Waals surface area contributed by atoms with Crippen molar-refractivity contribution in [1.82, 2.24) is 5.32 Å². The van der Waals surface area contributed by atoms with Crippen molar-refractivity contribution < 1.29 is 9.53 Å². The van der Waals surface area contributed by atoms with Crippen molar-refractivity contribution in [2.45, 2.75) is 44.8 Å². The van der Waals surface area contributed by atoms with Gasteiger partial charge in [0, 0.05) is 10.5 Å². The zero-order chi connectivity index (χ0) is 13.8. The van der Waals surface area contributed by atoms with Gasteiger partial charge in [-0.15, -0.1) is 0 Å². The van der Waals surface area contributed by atoms with Gasteiger partial charge in [0.25, 0.3) is 5.91 Å². The number of benzene rings is 1. The maximum atomic E-state index is 12.0. The number of amides is 1. The molecule has 1 fully saturated rings. The maximum Gasteiger partial charge on any atom is 0.260 e. The Bertz CT molecular complexity index is 461. The van der Waals surface area contributed by atoms with E-state index in [4.69, 9.17) is 16.3 Å². The van der Waals surface area contributed by atoms with E-state index in [1.54, 1.807) is 19.1 Å². The van der Waals surface area contributed by atoms with Crippen molar-refractivity contribution in [3.63, 3.8) is 0 Å². The van der Waals surface area contributed by atoms with E-state index in [1.807, 2.05) is 6.07 Å². The van der Waals surface area contributed by atoms with E-state index in [1.165, 1.54) is 12.8 Å². The molecule has 1 saturated carbocycles. The molecular weight excluding hydrogens is 330 g/mol. The minimum absolute atomic E-state index is 0.0806. The molecule has 2 rings (SSSR count). The highest BCUT2D eigenvalue weighted by atomic mass is 79.9. The summed E-state index contributed by atoms with van der Waals surface area (Å²) >= 11 is 9.39.